The third kappa shape index (κ3) is 2.98. The lowest BCUT2D eigenvalue weighted by molar-refractivity contribution is -0.133. The van der Waals surface area contributed by atoms with E-state index in [4.69, 9.17) is 5.26 Å². The molecule has 0 saturated carbocycles. The highest BCUT2D eigenvalue weighted by Gasteiger charge is 2.29. The molecule has 0 spiro atoms. The normalized spacial score (nSPS) is 22.1. The number of pyridine rings is 1. The van der Waals surface area contributed by atoms with E-state index >= 15 is 0 Å². The first kappa shape index (κ1) is 13.8. The Hall–Kier alpha value is -2.13. The standard InChI is InChI=1S/C15H19N5O/c16-11-12-3-5-18-14(10-12)19-6-8-20(9-7-19)15(21)13-2-1-4-17-13/h3,5,10,13,17H,1-2,4,6-9H2. The first-order valence-corrected chi connectivity index (χ1v) is 7.41. The molecule has 1 unspecified atom stereocenters. The second kappa shape index (κ2) is 6.10. The van der Waals surface area contributed by atoms with Gasteiger partial charge in [0.25, 0.3) is 0 Å². The Morgan fingerprint density at radius 1 is 1.38 bits per heavy atom. The fourth-order valence-corrected chi connectivity index (χ4v) is 2.93. The fraction of sp³-hybridized carbons (Fsp3) is 0.533. The molecule has 1 N–H and O–H groups in total. The minimum atomic E-state index is 0.0107. The first-order valence-electron chi connectivity index (χ1n) is 7.41. The molecule has 6 nitrogen and oxygen atoms in total. The maximum atomic E-state index is 12.3. The van der Waals surface area contributed by atoms with E-state index in [2.05, 4.69) is 21.3 Å². The number of piperazine rings is 1. The average Bonchev–Trinajstić information content (AvgIpc) is 3.09. The first-order chi connectivity index (χ1) is 10.3. The highest BCUT2D eigenvalue weighted by molar-refractivity contribution is 5.82. The van der Waals surface area contributed by atoms with Crippen molar-refractivity contribution in [2.75, 3.05) is 37.6 Å². The molecule has 21 heavy (non-hydrogen) atoms. The topological polar surface area (TPSA) is 72.3 Å². The number of anilines is 1. The molecule has 0 bridgehead atoms. The van der Waals surface area contributed by atoms with Gasteiger partial charge < -0.3 is 15.1 Å². The van der Waals surface area contributed by atoms with Crippen LogP contribution in [0, 0.1) is 11.3 Å². The molecule has 3 rings (SSSR count). The van der Waals surface area contributed by atoms with Crippen molar-refractivity contribution >= 4 is 11.7 Å². The molecule has 2 aliphatic heterocycles. The van der Waals surface area contributed by atoms with Gasteiger partial charge in [-0.3, -0.25) is 4.79 Å². The molecule has 2 saturated heterocycles. The molecule has 0 aliphatic carbocycles. The minimum Gasteiger partial charge on any atom is -0.353 e. The summed E-state index contributed by atoms with van der Waals surface area (Å²) < 4.78 is 0. The SMILES string of the molecule is N#Cc1ccnc(N2CCN(C(=O)C3CCCN3)CC2)c1. The Balaban J connectivity index is 1.59. The lowest BCUT2D eigenvalue weighted by Gasteiger charge is -2.36. The van der Waals surface area contributed by atoms with Gasteiger partial charge in [0.05, 0.1) is 17.7 Å². The number of rotatable bonds is 2. The fourth-order valence-electron chi connectivity index (χ4n) is 2.93. The molecule has 1 amide bonds. The molecule has 2 aliphatic rings. The number of carbonyl (C=O) groups excluding carboxylic acids is 1. The van der Waals surface area contributed by atoms with E-state index in [-0.39, 0.29) is 11.9 Å². The van der Waals surface area contributed by atoms with Crippen LogP contribution in [0.25, 0.3) is 0 Å². The van der Waals surface area contributed by atoms with E-state index in [1.165, 1.54) is 0 Å². The van der Waals surface area contributed by atoms with Crippen molar-refractivity contribution in [3.8, 4) is 6.07 Å². The number of nitrogens with zero attached hydrogens (tertiary/aromatic N) is 4. The van der Waals surface area contributed by atoms with Crippen LogP contribution in [0.5, 0.6) is 0 Å². The quantitative estimate of drug-likeness (QED) is 0.849. The van der Waals surface area contributed by atoms with Crippen LogP contribution in [0.4, 0.5) is 5.82 Å². The molecule has 1 aromatic rings. The van der Waals surface area contributed by atoms with E-state index in [1.807, 2.05) is 4.90 Å². The van der Waals surface area contributed by atoms with Crippen LogP contribution < -0.4 is 10.2 Å². The summed E-state index contributed by atoms with van der Waals surface area (Å²) in [6, 6.07) is 5.65. The van der Waals surface area contributed by atoms with Gasteiger partial charge in [-0.05, 0) is 31.5 Å². The Kier molecular flexibility index (Phi) is 4.02. The van der Waals surface area contributed by atoms with Crippen LogP contribution in [0.15, 0.2) is 18.3 Å². The smallest absolute Gasteiger partial charge is 0.239 e. The van der Waals surface area contributed by atoms with E-state index in [0.29, 0.717) is 5.56 Å². The Labute approximate surface area is 124 Å². The van der Waals surface area contributed by atoms with Crippen LogP contribution in [-0.4, -0.2) is 54.6 Å². The van der Waals surface area contributed by atoms with Crippen molar-refractivity contribution in [1.29, 1.82) is 5.26 Å². The maximum absolute atomic E-state index is 12.3. The zero-order chi connectivity index (χ0) is 14.7. The van der Waals surface area contributed by atoms with Crippen LogP contribution in [0.1, 0.15) is 18.4 Å². The molecule has 1 atom stereocenters. The summed E-state index contributed by atoms with van der Waals surface area (Å²) >= 11 is 0. The Morgan fingerprint density at radius 2 is 2.19 bits per heavy atom. The largest absolute Gasteiger partial charge is 0.353 e. The summed E-state index contributed by atoms with van der Waals surface area (Å²) in [7, 11) is 0. The van der Waals surface area contributed by atoms with Crippen molar-refractivity contribution in [3.05, 3.63) is 23.9 Å². The zero-order valence-corrected chi connectivity index (χ0v) is 12.0. The lowest BCUT2D eigenvalue weighted by atomic mass is 10.2. The van der Waals surface area contributed by atoms with Gasteiger partial charge in [-0.25, -0.2) is 4.98 Å². The third-order valence-electron chi connectivity index (χ3n) is 4.15. The molecular weight excluding hydrogens is 266 g/mol. The van der Waals surface area contributed by atoms with Crippen LogP contribution in [0.3, 0.4) is 0 Å². The van der Waals surface area contributed by atoms with Gasteiger partial charge in [-0.2, -0.15) is 5.26 Å². The van der Waals surface area contributed by atoms with Crippen molar-refractivity contribution in [2.45, 2.75) is 18.9 Å². The van der Waals surface area contributed by atoms with Gasteiger partial charge >= 0.3 is 0 Å². The number of carbonyl (C=O) groups is 1. The van der Waals surface area contributed by atoms with E-state index in [0.717, 1.165) is 51.4 Å². The predicted octanol–water partition coefficient (Wildman–Crippen LogP) is 0.354. The highest BCUT2D eigenvalue weighted by atomic mass is 16.2. The van der Waals surface area contributed by atoms with E-state index < -0.39 is 0 Å². The summed E-state index contributed by atoms with van der Waals surface area (Å²) in [5, 5.41) is 12.2. The molecule has 3 heterocycles. The van der Waals surface area contributed by atoms with Crippen molar-refractivity contribution in [3.63, 3.8) is 0 Å². The molecule has 6 heteroatoms. The zero-order valence-electron chi connectivity index (χ0n) is 12.0. The van der Waals surface area contributed by atoms with Crippen molar-refractivity contribution < 1.29 is 4.79 Å². The molecule has 0 radical (unpaired) electrons. The van der Waals surface area contributed by atoms with Gasteiger partial charge in [0.2, 0.25) is 5.91 Å². The number of hydrogen-bond donors (Lipinski definition) is 1. The molecular formula is C15H19N5O. The van der Waals surface area contributed by atoms with E-state index in [9.17, 15) is 4.79 Å². The lowest BCUT2D eigenvalue weighted by Crippen LogP contribution is -2.53. The number of amides is 1. The second-order valence-electron chi connectivity index (χ2n) is 5.48. The summed E-state index contributed by atoms with van der Waals surface area (Å²) in [5.74, 6) is 1.05. The number of hydrogen-bond acceptors (Lipinski definition) is 5. The molecule has 2 fully saturated rings. The second-order valence-corrected chi connectivity index (χ2v) is 5.48. The molecule has 0 aromatic carbocycles. The van der Waals surface area contributed by atoms with Gasteiger partial charge in [0.15, 0.2) is 0 Å². The van der Waals surface area contributed by atoms with Gasteiger partial charge in [0.1, 0.15) is 5.82 Å². The van der Waals surface area contributed by atoms with Gasteiger partial charge in [-0.1, -0.05) is 0 Å². The number of aromatic nitrogens is 1. The molecule has 110 valence electrons. The maximum Gasteiger partial charge on any atom is 0.239 e. The van der Waals surface area contributed by atoms with Gasteiger partial charge in [-0.15, -0.1) is 0 Å². The minimum absolute atomic E-state index is 0.0107. The summed E-state index contributed by atoms with van der Waals surface area (Å²) in [6.45, 7) is 3.91. The third-order valence-corrected chi connectivity index (χ3v) is 4.15. The van der Waals surface area contributed by atoms with E-state index in [1.54, 1.807) is 18.3 Å². The Morgan fingerprint density at radius 3 is 2.86 bits per heavy atom. The molecule has 1 aromatic heterocycles. The van der Waals surface area contributed by atoms with Crippen molar-refractivity contribution in [1.82, 2.24) is 15.2 Å². The van der Waals surface area contributed by atoms with Crippen LogP contribution in [-0.2, 0) is 4.79 Å². The van der Waals surface area contributed by atoms with Crippen LogP contribution in [0.2, 0.25) is 0 Å². The summed E-state index contributed by atoms with van der Waals surface area (Å²) in [6.07, 6.45) is 3.69. The number of nitrogens with one attached hydrogen (secondary N) is 1. The Bertz CT molecular complexity index is 553. The number of nitriles is 1. The van der Waals surface area contributed by atoms with Gasteiger partial charge in [0, 0.05) is 32.4 Å². The van der Waals surface area contributed by atoms with Crippen molar-refractivity contribution in [2.24, 2.45) is 0 Å². The summed E-state index contributed by atoms with van der Waals surface area (Å²) in [4.78, 5) is 20.7. The monoisotopic (exact) mass is 285 g/mol. The highest BCUT2D eigenvalue weighted by Crippen LogP contribution is 2.16. The summed E-state index contributed by atoms with van der Waals surface area (Å²) in [5.41, 5.74) is 0.619. The predicted molar refractivity (Wildman–Crippen MR) is 78.8 cm³/mol. The van der Waals surface area contributed by atoms with Crippen LogP contribution >= 0.6 is 0 Å². The average molecular weight is 285 g/mol.